The predicted molar refractivity (Wildman–Crippen MR) is 128 cm³/mol. The standard InChI is InChI=1S/C21H21Cl2N3O3S2/c1-13-16(23)3-2-4-17(13)24-20(27)10-30-21-25-18-11-31(28,29)12-19(18)26(21)9-14-5-7-15(22)8-6-14/h2-8,18-19H,9-12H2,1H3,(H,24,27)/t18-,19+/m1/s1. The highest BCUT2D eigenvalue weighted by Gasteiger charge is 2.46. The van der Waals surface area contributed by atoms with Crippen LogP contribution in [0.15, 0.2) is 47.5 Å². The number of amides is 1. The first kappa shape index (κ1) is 22.5. The minimum Gasteiger partial charge on any atom is -0.341 e. The molecule has 2 heterocycles. The van der Waals surface area contributed by atoms with E-state index in [0.29, 0.717) is 27.4 Å². The minimum atomic E-state index is -3.11. The van der Waals surface area contributed by atoms with Crippen molar-refractivity contribution in [3.05, 3.63) is 63.6 Å². The van der Waals surface area contributed by atoms with E-state index in [4.69, 9.17) is 23.2 Å². The van der Waals surface area contributed by atoms with Crippen LogP contribution < -0.4 is 5.32 Å². The molecule has 2 atom stereocenters. The van der Waals surface area contributed by atoms with Gasteiger partial charge in [0.1, 0.15) is 0 Å². The Labute approximate surface area is 195 Å². The Morgan fingerprint density at radius 1 is 1.19 bits per heavy atom. The highest BCUT2D eigenvalue weighted by molar-refractivity contribution is 8.14. The van der Waals surface area contributed by atoms with E-state index in [-0.39, 0.29) is 35.2 Å². The lowest BCUT2D eigenvalue weighted by atomic mass is 10.1. The second kappa shape index (κ2) is 9.02. The second-order valence-electron chi connectivity index (χ2n) is 7.63. The molecular formula is C21H21Cl2N3O3S2. The van der Waals surface area contributed by atoms with Crippen LogP contribution in [0.2, 0.25) is 10.0 Å². The third-order valence-corrected chi connectivity index (χ3v) is 8.72. The van der Waals surface area contributed by atoms with Crippen molar-refractivity contribution < 1.29 is 13.2 Å². The van der Waals surface area contributed by atoms with Gasteiger partial charge in [-0.2, -0.15) is 0 Å². The molecule has 0 unspecified atom stereocenters. The maximum atomic E-state index is 12.5. The van der Waals surface area contributed by atoms with Crippen LogP contribution in [0, 0.1) is 6.92 Å². The van der Waals surface area contributed by atoms with Crippen LogP contribution in [0.4, 0.5) is 5.69 Å². The summed E-state index contributed by atoms with van der Waals surface area (Å²) in [4.78, 5) is 19.2. The molecule has 10 heteroatoms. The molecule has 1 saturated heterocycles. The van der Waals surface area contributed by atoms with Gasteiger partial charge in [-0.05, 0) is 42.3 Å². The molecule has 6 nitrogen and oxygen atoms in total. The Hall–Kier alpha value is -1.74. The molecule has 2 aliphatic heterocycles. The number of anilines is 1. The first-order valence-corrected chi connectivity index (χ1v) is 13.3. The Balaban J connectivity index is 1.46. The van der Waals surface area contributed by atoms with E-state index in [2.05, 4.69) is 10.3 Å². The van der Waals surface area contributed by atoms with Crippen molar-refractivity contribution >= 4 is 61.6 Å². The number of hydrogen-bond donors (Lipinski definition) is 1. The number of fused-ring (bicyclic) bond motifs is 1. The predicted octanol–water partition coefficient (Wildman–Crippen LogP) is 4.01. The summed E-state index contributed by atoms with van der Waals surface area (Å²) < 4.78 is 24.3. The number of halogens is 2. The number of thioether (sulfide) groups is 1. The molecule has 1 amide bonds. The van der Waals surface area contributed by atoms with Crippen molar-refractivity contribution in [1.82, 2.24) is 4.90 Å². The highest BCUT2D eigenvalue weighted by atomic mass is 35.5. The normalized spacial score (nSPS) is 21.6. The fourth-order valence-corrected chi connectivity index (χ4v) is 6.82. The van der Waals surface area contributed by atoms with Gasteiger partial charge < -0.3 is 10.2 Å². The van der Waals surface area contributed by atoms with Crippen LogP contribution in [0.25, 0.3) is 0 Å². The van der Waals surface area contributed by atoms with Crippen molar-refractivity contribution in [2.24, 2.45) is 4.99 Å². The molecule has 4 rings (SSSR count). The summed E-state index contributed by atoms with van der Waals surface area (Å²) in [5, 5.41) is 4.81. The van der Waals surface area contributed by atoms with E-state index in [9.17, 15) is 13.2 Å². The van der Waals surface area contributed by atoms with Crippen molar-refractivity contribution in [3.63, 3.8) is 0 Å². The Morgan fingerprint density at radius 3 is 2.68 bits per heavy atom. The van der Waals surface area contributed by atoms with Crippen LogP contribution in [0.1, 0.15) is 11.1 Å². The molecule has 0 spiro atoms. The largest absolute Gasteiger partial charge is 0.341 e. The number of sulfone groups is 1. The zero-order valence-electron chi connectivity index (χ0n) is 16.7. The Kier molecular flexibility index (Phi) is 6.53. The van der Waals surface area contributed by atoms with E-state index < -0.39 is 9.84 Å². The summed E-state index contributed by atoms with van der Waals surface area (Å²) >= 11 is 13.4. The first-order valence-electron chi connectivity index (χ1n) is 9.69. The van der Waals surface area contributed by atoms with Crippen LogP contribution >= 0.6 is 35.0 Å². The van der Waals surface area contributed by atoms with E-state index in [1.807, 2.05) is 24.0 Å². The van der Waals surface area contributed by atoms with Gasteiger partial charge in [-0.3, -0.25) is 9.79 Å². The molecule has 2 aromatic carbocycles. The van der Waals surface area contributed by atoms with Gasteiger partial charge in [0.15, 0.2) is 15.0 Å². The quantitative estimate of drug-likeness (QED) is 0.674. The van der Waals surface area contributed by atoms with Crippen molar-refractivity contribution in [2.45, 2.75) is 25.6 Å². The number of rotatable bonds is 5. The molecule has 1 N–H and O–H groups in total. The van der Waals surface area contributed by atoms with Gasteiger partial charge in [-0.15, -0.1) is 0 Å². The molecular weight excluding hydrogens is 477 g/mol. The molecule has 0 radical (unpaired) electrons. The lowest BCUT2D eigenvalue weighted by Gasteiger charge is -2.26. The molecule has 31 heavy (non-hydrogen) atoms. The monoisotopic (exact) mass is 497 g/mol. The number of amidine groups is 1. The average Bonchev–Trinajstić information content (AvgIpc) is 3.17. The Morgan fingerprint density at radius 2 is 1.94 bits per heavy atom. The zero-order chi connectivity index (χ0) is 22.2. The average molecular weight is 498 g/mol. The SMILES string of the molecule is Cc1c(Cl)cccc1NC(=O)CSC1=N[C@@H]2CS(=O)(=O)C[C@@H]2N1Cc1ccc(Cl)cc1. The van der Waals surface area contributed by atoms with Crippen molar-refractivity contribution in [1.29, 1.82) is 0 Å². The van der Waals surface area contributed by atoms with Gasteiger partial charge in [-0.25, -0.2) is 8.42 Å². The van der Waals surface area contributed by atoms with Crippen LogP contribution in [0.5, 0.6) is 0 Å². The molecule has 0 aromatic heterocycles. The number of aliphatic imine (C=N–C) groups is 1. The number of nitrogens with zero attached hydrogens (tertiary/aromatic N) is 2. The summed E-state index contributed by atoms with van der Waals surface area (Å²) in [6, 6.07) is 12.3. The smallest absolute Gasteiger partial charge is 0.234 e. The number of benzene rings is 2. The van der Waals surface area contributed by atoms with Gasteiger partial charge in [0.2, 0.25) is 5.91 Å². The van der Waals surface area contributed by atoms with Gasteiger partial charge >= 0.3 is 0 Å². The van der Waals surface area contributed by atoms with Crippen LogP contribution in [-0.4, -0.2) is 53.7 Å². The van der Waals surface area contributed by atoms with Gasteiger partial charge in [0.05, 0.1) is 29.3 Å². The summed E-state index contributed by atoms with van der Waals surface area (Å²) in [6.45, 7) is 2.36. The number of carbonyl (C=O) groups excluding carboxylic acids is 1. The van der Waals surface area contributed by atoms with Gasteiger partial charge in [0.25, 0.3) is 0 Å². The van der Waals surface area contributed by atoms with Crippen molar-refractivity contribution in [2.75, 3.05) is 22.6 Å². The second-order valence-corrected chi connectivity index (χ2v) is 11.6. The highest BCUT2D eigenvalue weighted by Crippen LogP contribution is 2.32. The van der Waals surface area contributed by atoms with E-state index >= 15 is 0 Å². The molecule has 0 aliphatic carbocycles. The van der Waals surface area contributed by atoms with Crippen LogP contribution in [-0.2, 0) is 21.2 Å². The summed E-state index contributed by atoms with van der Waals surface area (Å²) in [5.41, 5.74) is 2.49. The lowest BCUT2D eigenvalue weighted by Crippen LogP contribution is -2.38. The summed E-state index contributed by atoms with van der Waals surface area (Å²) in [5.74, 6) is 0.113. The fourth-order valence-electron chi connectivity index (χ4n) is 3.74. The Bertz CT molecular complexity index is 1140. The molecule has 2 aromatic rings. The molecule has 2 aliphatic rings. The number of carbonyl (C=O) groups is 1. The van der Waals surface area contributed by atoms with Gasteiger partial charge in [-0.1, -0.05) is 53.2 Å². The van der Waals surface area contributed by atoms with E-state index in [1.165, 1.54) is 11.8 Å². The van der Waals surface area contributed by atoms with E-state index in [0.717, 1.165) is 11.1 Å². The third-order valence-electron chi connectivity index (χ3n) is 5.36. The van der Waals surface area contributed by atoms with E-state index in [1.54, 1.807) is 30.3 Å². The molecule has 0 bridgehead atoms. The maximum absolute atomic E-state index is 12.5. The third kappa shape index (κ3) is 5.19. The zero-order valence-corrected chi connectivity index (χ0v) is 19.9. The van der Waals surface area contributed by atoms with Gasteiger partial charge in [0, 0.05) is 22.3 Å². The fraction of sp³-hybridized carbons (Fsp3) is 0.333. The topological polar surface area (TPSA) is 78.8 Å². The molecule has 1 fully saturated rings. The first-order chi connectivity index (χ1) is 14.7. The van der Waals surface area contributed by atoms with Crippen molar-refractivity contribution in [3.8, 4) is 0 Å². The van der Waals surface area contributed by atoms with Crippen LogP contribution in [0.3, 0.4) is 0 Å². The number of hydrogen-bond acceptors (Lipinski definition) is 6. The molecule has 0 saturated carbocycles. The minimum absolute atomic E-state index is 0.0484. The molecule has 164 valence electrons. The number of nitrogens with one attached hydrogen (secondary N) is 1. The maximum Gasteiger partial charge on any atom is 0.234 e. The lowest BCUT2D eigenvalue weighted by molar-refractivity contribution is -0.113. The summed E-state index contributed by atoms with van der Waals surface area (Å²) in [7, 11) is -3.11. The summed E-state index contributed by atoms with van der Waals surface area (Å²) in [6.07, 6.45) is 0.